The van der Waals surface area contributed by atoms with E-state index in [-0.39, 0.29) is 23.7 Å². The van der Waals surface area contributed by atoms with E-state index in [9.17, 15) is 14.9 Å². The molecule has 0 aromatic heterocycles. The van der Waals surface area contributed by atoms with Gasteiger partial charge in [0.15, 0.2) is 0 Å². The van der Waals surface area contributed by atoms with Crippen LogP contribution in [-0.2, 0) is 6.54 Å². The number of hydrogen-bond acceptors (Lipinski definition) is 4. The zero-order valence-corrected chi connectivity index (χ0v) is 14.3. The third-order valence-corrected chi connectivity index (χ3v) is 3.88. The molecular weight excluding hydrogens is 332 g/mol. The highest BCUT2D eigenvalue weighted by molar-refractivity contribution is 6.30. The smallest absolute Gasteiger partial charge is 0.273 e. The van der Waals surface area contributed by atoms with Gasteiger partial charge in [-0.15, -0.1) is 0 Å². The summed E-state index contributed by atoms with van der Waals surface area (Å²) in [7, 11) is 3.16. The normalized spacial score (nSPS) is 10.3. The SMILES string of the molecule is COc1ccc(Cl)cc1CN(C)C(=O)c1ccc(C)c([N+](=O)[O-])c1. The summed E-state index contributed by atoms with van der Waals surface area (Å²) < 4.78 is 5.27. The average Bonchev–Trinajstić information content (AvgIpc) is 2.54. The monoisotopic (exact) mass is 348 g/mol. The number of hydrogen-bond donors (Lipinski definition) is 0. The fourth-order valence-corrected chi connectivity index (χ4v) is 2.55. The van der Waals surface area contributed by atoms with Crippen molar-refractivity contribution in [2.75, 3.05) is 14.2 Å². The van der Waals surface area contributed by atoms with Crippen LogP contribution in [-0.4, -0.2) is 29.9 Å². The number of carbonyl (C=O) groups excluding carboxylic acids is 1. The second-order valence-corrected chi connectivity index (χ2v) is 5.81. The Morgan fingerprint density at radius 2 is 2.00 bits per heavy atom. The molecule has 24 heavy (non-hydrogen) atoms. The maximum atomic E-state index is 12.5. The second-order valence-electron chi connectivity index (χ2n) is 5.38. The lowest BCUT2D eigenvalue weighted by Crippen LogP contribution is -2.26. The van der Waals surface area contributed by atoms with Gasteiger partial charge in [0.2, 0.25) is 0 Å². The van der Waals surface area contributed by atoms with Crippen LogP contribution in [0.5, 0.6) is 5.75 Å². The molecule has 2 aromatic carbocycles. The van der Waals surface area contributed by atoms with E-state index >= 15 is 0 Å². The Morgan fingerprint density at radius 1 is 1.29 bits per heavy atom. The quantitative estimate of drug-likeness (QED) is 0.608. The van der Waals surface area contributed by atoms with E-state index in [2.05, 4.69) is 0 Å². The molecule has 126 valence electrons. The first kappa shape index (κ1) is 17.7. The predicted octanol–water partition coefficient (Wildman–Crippen LogP) is 3.84. The van der Waals surface area contributed by atoms with Crippen molar-refractivity contribution in [1.82, 2.24) is 4.90 Å². The first-order valence-electron chi connectivity index (χ1n) is 7.16. The van der Waals surface area contributed by atoms with E-state index in [1.165, 1.54) is 18.1 Å². The lowest BCUT2D eigenvalue weighted by atomic mass is 10.1. The molecule has 0 heterocycles. The minimum atomic E-state index is -0.494. The van der Waals surface area contributed by atoms with Gasteiger partial charge in [-0.2, -0.15) is 0 Å². The number of nitrogens with zero attached hydrogens (tertiary/aromatic N) is 2. The fourth-order valence-electron chi connectivity index (χ4n) is 2.36. The van der Waals surface area contributed by atoms with Crippen LogP contribution in [0.1, 0.15) is 21.5 Å². The number of carbonyl (C=O) groups is 1. The molecule has 0 spiro atoms. The Bertz CT molecular complexity index is 792. The van der Waals surface area contributed by atoms with Crippen LogP contribution in [0.3, 0.4) is 0 Å². The van der Waals surface area contributed by atoms with E-state index in [4.69, 9.17) is 16.3 Å². The summed E-state index contributed by atoms with van der Waals surface area (Å²) >= 11 is 5.99. The number of nitro benzene ring substituents is 1. The van der Waals surface area contributed by atoms with Gasteiger partial charge in [0.05, 0.1) is 12.0 Å². The van der Waals surface area contributed by atoms with Crippen molar-refractivity contribution in [2.45, 2.75) is 13.5 Å². The number of amides is 1. The minimum Gasteiger partial charge on any atom is -0.496 e. The van der Waals surface area contributed by atoms with Crippen molar-refractivity contribution in [3.8, 4) is 5.75 Å². The lowest BCUT2D eigenvalue weighted by Gasteiger charge is -2.19. The third-order valence-electron chi connectivity index (χ3n) is 3.65. The average molecular weight is 349 g/mol. The van der Waals surface area contributed by atoms with Crippen molar-refractivity contribution in [3.05, 3.63) is 68.2 Å². The maximum absolute atomic E-state index is 12.5. The first-order valence-corrected chi connectivity index (χ1v) is 7.54. The van der Waals surface area contributed by atoms with Crippen molar-refractivity contribution in [1.29, 1.82) is 0 Å². The summed E-state index contributed by atoms with van der Waals surface area (Å²) in [4.78, 5) is 24.5. The summed E-state index contributed by atoms with van der Waals surface area (Å²) in [5.41, 5.74) is 1.45. The van der Waals surface area contributed by atoms with Crippen LogP contribution in [0.25, 0.3) is 0 Å². The van der Waals surface area contributed by atoms with Crippen molar-refractivity contribution >= 4 is 23.2 Å². The molecular formula is C17H17ClN2O4. The molecule has 0 saturated carbocycles. The first-order chi connectivity index (χ1) is 11.3. The van der Waals surface area contributed by atoms with Crippen LogP contribution in [0.2, 0.25) is 5.02 Å². The van der Waals surface area contributed by atoms with Crippen LogP contribution in [0, 0.1) is 17.0 Å². The molecule has 0 aliphatic carbocycles. The molecule has 1 amide bonds. The molecule has 2 aromatic rings. The standard InChI is InChI=1S/C17H17ClN2O4/c1-11-4-5-12(9-15(11)20(22)23)17(21)19(2)10-13-8-14(18)6-7-16(13)24-3/h4-9H,10H2,1-3H3. The predicted molar refractivity (Wildman–Crippen MR) is 91.6 cm³/mol. The van der Waals surface area contributed by atoms with Gasteiger partial charge < -0.3 is 9.64 Å². The topological polar surface area (TPSA) is 72.7 Å². The number of aryl methyl sites for hydroxylation is 1. The number of rotatable bonds is 5. The van der Waals surface area contributed by atoms with Crippen LogP contribution < -0.4 is 4.74 Å². The Kier molecular flexibility index (Phi) is 5.41. The summed E-state index contributed by atoms with van der Waals surface area (Å²) in [6.07, 6.45) is 0. The maximum Gasteiger partial charge on any atom is 0.273 e. The zero-order valence-electron chi connectivity index (χ0n) is 13.6. The van der Waals surface area contributed by atoms with Crippen LogP contribution in [0.15, 0.2) is 36.4 Å². The molecule has 0 bridgehead atoms. The number of halogens is 1. The fraction of sp³-hybridized carbons (Fsp3) is 0.235. The van der Waals surface area contributed by atoms with E-state index in [0.717, 1.165) is 5.56 Å². The highest BCUT2D eigenvalue weighted by Gasteiger charge is 2.18. The number of ether oxygens (including phenoxy) is 1. The Labute approximate surface area is 144 Å². The highest BCUT2D eigenvalue weighted by Crippen LogP contribution is 2.25. The van der Waals surface area contributed by atoms with E-state index in [1.54, 1.807) is 44.3 Å². The largest absolute Gasteiger partial charge is 0.496 e. The van der Waals surface area contributed by atoms with E-state index < -0.39 is 4.92 Å². The number of benzene rings is 2. The van der Waals surface area contributed by atoms with Gasteiger partial charge in [-0.25, -0.2) is 0 Å². The van der Waals surface area contributed by atoms with E-state index in [0.29, 0.717) is 16.3 Å². The molecule has 0 fully saturated rings. The Balaban J connectivity index is 2.26. The minimum absolute atomic E-state index is 0.0745. The Morgan fingerprint density at radius 3 is 2.62 bits per heavy atom. The highest BCUT2D eigenvalue weighted by atomic mass is 35.5. The number of methoxy groups -OCH3 is 1. The van der Waals surface area contributed by atoms with Gasteiger partial charge in [-0.1, -0.05) is 17.7 Å². The van der Waals surface area contributed by atoms with Crippen LogP contribution >= 0.6 is 11.6 Å². The van der Waals surface area contributed by atoms with Gasteiger partial charge in [0, 0.05) is 41.4 Å². The van der Waals surface area contributed by atoms with Crippen LogP contribution in [0.4, 0.5) is 5.69 Å². The molecule has 0 unspecified atom stereocenters. The van der Waals surface area contributed by atoms with E-state index in [1.807, 2.05) is 0 Å². The second kappa shape index (κ2) is 7.31. The summed E-state index contributed by atoms with van der Waals surface area (Å²) in [6.45, 7) is 1.90. The molecule has 6 nitrogen and oxygen atoms in total. The van der Waals surface area contributed by atoms with Crippen molar-refractivity contribution < 1.29 is 14.5 Å². The van der Waals surface area contributed by atoms with Gasteiger partial charge in [-0.3, -0.25) is 14.9 Å². The van der Waals surface area contributed by atoms with Gasteiger partial charge >= 0.3 is 0 Å². The number of nitro groups is 1. The summed E-state index contributed by atoms with van der Waals surface area (Å²) in [5.74, 6) is 0.300. The van der Waals surface area contributed by atoms with Crippen molar-refractivity contribution in [3.63, 3.8) is 0 Å². The molecule has 7 heteroatoms. The van der Waals surface area contributed by atoms with Gasteiger partial charge in [0.1, 0.15) is 5.75 Å². The molecule has 2 rings (SSSR count). The van der Waals surface area contributed by atoms with Crippen molar-refractivity contribution in [2.24, 2.45) is 0 Å². The molecule has 0 aliphatic heterocycles. The molecule has 0 saturated heterocycles. The van der Waals surface area contributed by atoms with Gasteiger partial charge in [0.25, 0.3) is 11.6 Å². The lowest BCUT2D eigenvalue weighted by molar-refractivity contribution is -0.385. The summed E-state index contributed by atoms with van der Waals surface area (Å²) in [5, 5.41) is 11.6. The third kappa shape index (κ3) is 3.83. The van der Waals surface area contributed by atoms with Gasteiger partial charge in [-0.05, 0) is 31.2 Å². The molecule has 0 radical (unpaired) electrons. The molecule has 0 atom stereocenters. The summed E-state index contributed by atoms with van der Waals surface area (Å²) in [6, 6.07) is 9.60. The molecule has 0 N–H and O–H groups in total. The zero-order chi connectivity index (χ0) is 17.9. The molecule has 0 aliphatic rings. The Hall–Kier alpha value is -2.60.